The molecule has 11 heteroatoms. The number of carbonyl (C=O) groups excluding carboxylic acids is 1. The maximum Gasteiger partial charge on any atom is 0.416 e. The molecule has 0 spiro atoms. The molecule has 0 bridgehead atoms. The van der Waals surface area contributed by atoms with Crippen LogP contribution in [0.15, 0.2) is 53.7 Å². The van der Waals surface area contributed by atoms with Gasteiger partial charge in [-0.1, -0.05) is 17.8 Å². The summed E-state index contributed by atoms with van der Waals surface area (Å²) in [5.74, 6) is 0.897. The number of methoxy groups -OCH3 is 1. The van der Waals surface area contributed by atoms with E-state index >= 15 is 0 Å². The highest BCUT2D eigenvalue weighted by molar-refractivity contribution is 7.99. The fourth-order valence-electron chi connectivity index (χ4n) is 2.81. The molecule has 0 fully saturated rings. The van der Waals surface area contributed by atoms with Crippen molar-refractivity contribution in [2.75, 3.05) is 12.9 Å². The second kappa shape index (κ2) is 10.6. The van der Waals surface area contributed by atoms with Gasteiger partial charge in [0.1, 0.15) is 18.1 Å². The van der Waals surface area contributed by atoms with E-state index in [9.17, 15) is 18.0 Å². The van der Waals surface area contributed by atoms with Gasteiger partial charge in [-0.2, -0.15) is 13.2 Å². The topological polar surface area (TPSA) is 75.5 Å². The SMILES string of the molecule is COc1ccc(OCc2nnc(SCC(=O)OC(C)C)n2-c2cccc(C(F)(F)F)c2)cc1. The molecule has 176 valence electrons. The Morgan fingerprint density at radius 2 is 1.79 bits per heavy atom. The molecule has 1 aromatic heterocycles. The van der Waals surface area contributed by atoms with Crippen molar-refractivity contribution >= 4 is 17.7 Å². The molecule has 0 saturated heterocycles. The molecule has 0 atom stereocenters. The van der Waals surface area contributed by atoms with Crippen LogP contribution < -0.4 is 9.47 Å². The second-order valence-electron chi connectivity index (χ2n) is 7.07. The van der Waals surface area contributed by atoms with E-state index in [0.29, 0.717) is 11.5 Å². The summed E-state index contributed by atoms with van der Waals surface area (Å²) in [5, 5.41) is 8.38. The molecule has 7 nitrogen and oxygen atoms in total. The summed E-state index contributed by atoms with van der Waals surface area (Å²) in [7, 11) is 1.55. The zero-order valence-corrected chi connectivity index (χ0v) is 18.9. The number of alkyl halides is 3. The molecule has 0 unspecified atom stereocenters. The molecular formula is C22H22F3N3O4S. The average Bonchev–Trinajstić information content (AvgIpc) is 3.18. The second-order valence-corrected chi connectivity index (χ2v) is 8.02. The molecule has 3 aromatic rings. The number of esters is 1. The quantitative estimate of drug-likeness (QED) is 0.317. The van der Waals surface area contributed by atoms with Crippen molar-refractivity contribution in [1.82, 2.24) is 14.8 Å². The van der Waals surface area contributed by atoms with Gasteiger partial charge in [-0.15, -0.1) is 10.2 Å². The molecule has 2 aromatic carbocycles. The monoisotopic (exact) mass is 481 g/mol. The standard InChI is InChI=1S/C22H22F3N3O4S/c1-14(2)32-20(29)13-33-21-27-26-19(12-31-18-9-7-17(30-3)8-10-18)28(21)16-6-4-5-15(11-16)22(23,24)25/h4-11,14H,12-13H2,1-3H3. The van der Waals surface area contributed by atoms with E-state index < -0.39 is 17.7 Å². The van der Waals surface area contributed by atoms with E-state index in [1.54, 1.807) is 45.2 Å². The predicted octanol–water partition coefficient (Wildman–Crippen LogP) is 4.92. The van der Waals surface area contributed by atoms with Gasteiger partial charge in [-0.3, -0.25) is 9.36 Å². The van der Waals surface area contributed by atoms with Crippen molar-refractivity contribution < 1.29 is 32.2 Å². The van der Waals surface area contributed by atoms with Gasteiger partial charge in [-0.25, -0.2) is 0 Å². The molecule has 0 amide bonds. The molecule has 0 N–H and O–H groups in total. The summed E-state index contributed by atoms with van der Waals surface area (Å²) in [4.78, 5) is 11.9. The predicted molar refractivity (Wildman–Crippen MR) is 116 cm³/mol. The molecule has 0 aliphatic heterocycles. The average molecular weight is 481 g/mol. The van der Waals surface area contributed by atoms with Gasteiger partial charge in [0.2, 0.25) is 0 Å². The molecule has 0 aliphatic carbocycles. The van der Waals surface area contributed by atoms with Crippen molar-refractivity contribution in [2.45, 2.75) is 37.9 Å². The third kappa shape index (κ3) is 6.64. The first-order chi connectivity index (χ1) is 15.7. The van der Waals surface area contributed by atoms with Gasteiger partial charge in [0.25, 0.3) is 0 Å². The van der Waals surface area contributed by atoms with E-state index in [2.05, 4.69) is 10.2 Å². The summed E-state index contributed by atoms with van der Waals surface area (Å²) in [6.45, 7) is 3.39. The van der Waals surface area contributed by atoms with Gasteiger partial charge in [-0.05, 0) is 56.3 Å². The summed E-state index contributed by atoms with van der Waals surface area (Å²) < 4.78 is 57.2. The Hall–Kier alpha value is -3.21. The van der Waals surface area contributed by atoms with Gasteiger partial charge in [0, 0.05) is 0 Å². The first-order valence-electron chi connectivity index (χ1n) is 9.88. The van der Waals surface area contributed by atoms with Gasteiger partial charge < -0.3 is 14.2 Å². The lowest BCUT2D eigenvalue weighted by molar-refractivity contribution is -0.144. The van der Waals surface area contributed by atoms with E-state index in [0.717, 1.165) is 23.9 Å². The van der Waals surface area contributed by atoms with Crippen LogP contribution in [-0.4, -0.2) is 39.7 Å². The van der Waals surface area contributed by atoms with Crippen molar-refractivity contribution in [3.63, 3.8) is 0 Å². The van der Waals surface area contributed by atoms with E-state index in [1.165, 1.54) is 16.7 Å². The highest BCUT2D eigenvalue weighted by atomic mass is 32.2. The lowest BCUT2D eigenvalue weighted by Crippen LogP contribution is -2.14. The van der Waals surface area contributed by atoms with E-state index in [1.807, 2.05) is 0 Å². The normalized spacial score (nSPS) is 11.5. The molecule has 0 aliphatic rings. The van der Waals surface area contributed by atoms with Crippen molar-refractivity contribution in [3.8, 4) is 17.2 Å². The van der Waals surface area contributed by atoms with Crippen LogP contribution in [0, 0.1) is 0 Å². The minimum absolute atomic E-state index is 0.0629. The summed E-state index contributed by atoms with van der Waals surface area (Å²) in [6.07, 6.45) is -4.80. The van der Waals surface area contributed by atoms with E-state index in [4.69, 9.17) is 14.2 Å². The molecule has 3 rings (SSSR count). The first kappa shape index (κ1) is 24.4. The Balaban J connectivity index is 1.89. The minimum Gasteiger partial charge on any atom is -0.497 e. The zero-order chi connectivity index (χ0) is 24.0. The zero-order valence-electron chi connectivity index (χ0n) is 18.1. The van der Waals surface area contributed by atoms with Crippen LogP contribution >= 0.6 is 11.8 Å². The Labute approximate surface area is 192 Å². The van der Waals surface area contributed by atoms with Gasteiger partial charge in [0.15, 0.2) is 11.0 Å². The highest BCUT2D eigenvalue weighted by Gasteiger charge is 2.31. The van der Waals surface area contributed by atoms with Crippen LogP contribution in [0.2, 0.25) is 0 Å². The van der Waals surface area contributed by atoms with Gasteiger partial charge >= 0.3 is 12.1 Å². The van der Waals surface area contributed by atoms with Gasteiger partial charge in [0.05, 0.1) is 30.2 Å². The van der Waals surface area contributed by atoms with Crippen LogP contribution in [0.4, 0.5) is 13.2 Å². The Morgan fingerprint density at radius 1 is 1.09 bits per heavy atom. The Kier molecular flexibility index (Phi) is 7.85. The number of benzene rings is 2. The third-order valence-electron chi connectivity index (χ3n) is 4.25. The van der Waals surface area contributed by atoms with Crippen LogP contribution in [0.5, 0.6) is 11.5 Å². The fourth-order valence-corrected chi connectivity index (χ4v) is 3.56. The fraction of sp³-hybridized carbons (Fsp3) is 0.318. The minimum atomic E-state index is -4.52. The summed E-state index contributed by atoms with van der Waals surface area (Å²) >= 11 is 1.01. The highest BCUT2D eigenvalue weighted by Crippen LogP contribution is 2.32. The summed E-state index contributed by atoms with van der Waals surface area (Å²) in [5.41, 5.74) is -0.617. The number of nitrogens with zero attached hydrogens (tertiary/aromatic N) is 3. The maximum absolute atomic E-state index is 13.3. The number of rotatable bonds is 9. The van der Waals surface area contributed by atoms with Crippen LogP contribution in [-0.2, 0) is 22.3 Å². The number of carbonyl (C=O) groups is 1. The number of ether oxygens (including phenoxy) is 3. The largest absolute Gasteiger partial charge is 0.497 e. The van der Waals surface area contributed by atoms with Crippen LogP contribution in [0.1, 0.15) is 25.2 Å². The van der Waals surface area contributed by atoms with Crippen molar-refractivity contribution in [1.29, 1.82) is 0 Å². The first-order valence-corrected chi connectivity index (χ1v) is 10.9. The smallest absolute Gasteiger partial charge is 0.416 e. The summed E-state index contributed by atoms with van der Waals surface area (Å²) in [6, 6.07) is 11.6. The lowest BCUT2D eigenvalue weighted by atomic mass is 10.2. The molecule has 1 heterocycles. The molecule has 0 radical (unpaired) electrons. The number of hydrogen-bond donors (Lipinski definition) is 0. The van der Waals surface area contributed by atoms with Crippen LogP contribution in [0.3, 0.4) is 0 Å². The van der Waals surface area contributed by atoms with Crippen molar-refractivity contribution in [2.24, 2.45) is 0 Å². The Bertz CT molecular complexity index is 1090. The molecule has 33 heavy (non-hydrogen) atoms. The maximum atomic E-state index is 13.3. The lowest BCUT2D eigenvalue weighted by Gasteiger charge is -2.14. The molecule has 0 saturated carbocycles. The third-order valence-corrected chi connectivity index (χ3v) is 5.15. The number of aromatic nitrogens is 3. The molecular weight excluding hydrogens is 459 g/mol. The number of thioether (sulfide) groups is 1. The Morgan fingerprint density at radius 3 is 2.42 bits per heavy atom. The number of halogens is 3. The number of hydrogen-bond acceptors (Lipinski definition) is 7. The van der Waals surface area contributed by atoms with Crippen LogP contribution in [0.25, 0.3) is 5.69 Å². The van der Waals surface area contributed by atoms with Crippen molar-refractivity contribution in [3.05, 3.63) is 59.9 Å². The van der Waals surface area contributed by atoms with E-state index in [-0.39, 0.29) is 35.1 Å².